The molecule has 2 aliphatic heterocycles. The minimum absolute atomic E-state index is 0.104. The molecule has 5 rings (SSSR count). The molecule has 5 fully saturated rings. The van der Waals surface area contributed by atoms with Gasteiger partial charge in [0.25, 0.3) is 0 Å². The summed E-state index contributed by atoms with van der Waals surface area (Å²) in [5.41, 5.74) is -0.929. The van der Waals surface area contributed by atoms with Crippen LogP contribution < -0.4 is 0 Å². The molecule has 1 spiro atoms. The number of hydrogen-bond donors (Lipinski definition) is 1. The third-order valence-corrected chi connectivity index (χ3v) is 7.49. The molecular weight excluding hydrogens is 348 g/mol. The highest BCUT2D eigenvalue weighted by Gasteiger charge is 2.55. The van der Waals surface area contributed by atoms with Crippen LogP contribution in [0.15, 0.2) is 0 Å². The molecular formula is C21H32O6. The van der Waals surface area contributed by atoms with Crippen LogP contribution >= 0.6 is 0 Å². The lowest BCUT2D eigenvalue weighted by Crippen LogP contribution is -2.47. The topological polar surface area (TPSA) is 82.1 Å². The summed E-state index contributed by atoms with van der Waals surface area (Å²) in [5, 5.41) is 9.91. The van der Waals surface area contributed by atoms with Crippen LogP contribution in [0.2, 0.25) is 0 Å². The van der Waals surface area contributed by atoms with Crippen molar-refractivity contribution in [3.63, 3.8) is 0 Å². The molecule has 4 atom stereocenters. The van der Waals surface area contributed by atoms with Crippen LogP contribution in [0.5, 0.6) is 0 Å². The third-order valence-electron chi connectivity index (χ3n) is 7.49. The van der Waals surface area contributed by atoms with E-state index in [-0.39, 0.29) is 17.7 Å². The van der Waals surface area contributed by atoms with Crippen molar-refractivity contribution < 1.29 is 29.2 Å². The largest absolute Gasteiger partial charge is 0.481 e. The second kappa shape index (κ2) is 7.36. The van der Waals surface area contributed by atoms with Gasteiger partial charge in [0.15, 0.2) is 0 Å². The average molecular weight is 380 g/mol. The first-order valence-electron chi connectivity index (χ1n) is 10.7. The number of carboxylic acid groups (broad SMARTS) is 1. The van der Waals surface area contributed by atoms with E-state index >= 15 is 0 Å². The molecule has 3 saturated carbocycles. The summed E-state index contributed by atoms with van der Waals surface area (Å²) in [6.07, 6.45) is 9.07. The summed E-state index contributed by atoms with van der Waals surface area (Å²) in [6.45, 7) is 2.27. The lowest BCUT2D eigenvalue weighted by molar-refractivity contribution is -0.395. The molecule has 6 heteroatoms. The van der Waals surface area contributed by atoms with Gasteiger partial charge in [-0.15, -0.1) is 0 Å². The maximum Gasteiger partial charge on any atom is 0.309 e. The van der Waals surface area contributed by atoms with Crippen molar-refractivity contribution in [2.75, 3.05) is 6.61 Å². The monoisotopic (exact) mass is 380 g/mol. The van der Waals surface area contributed by atoms with Crippen molar-refractivity contribution in [1.82, 2.24) is 0 Å². The molecule has 0 aromatic carbocycles. The van der Waals surface area contributed by atoms with Gasteiger partial charge in [-0.1, -0.05) is 0 Å². The van der Waals surface area contributed by atoms with Crippen LogP contribution in [0.25, 0.3) is 0 Å². The van der Waals surface area contributed by atoms with Gasteiger partial charge in [0, 0.05) is 6.42 Å². The van der Waals surface area contributed by atoms with Crippen molar-refractivity contribution >= 4 is 11.9 Å². The quantitative estimate of drug-likeness (QED) is 0.589. The summed E-state index contributed by atoms with van der Waals surface area (Å²) < 4.78 is 5.09. The van der Waals surface area contributed by atoms with Gasteiger partial charge in [-0.25, -0.2) is 9.78 Å². The molecule has 4 unspecified atom stereocenters. The van der Waals surface area contributed by atoms with Crippen LogP contribution in [0.1, 0.15) is 77.6 Å². The number of carbonyl (C=O) groups excluding carboxylic acids is 1. The molecule has 0 aromatic heterocycles. The molecule has 2 saturated heterocycles. The van der Waals surface area contributed by atoms with E-state index in [1.54, 1.807) is 0 Å². The van der Waals surface area contributed by atoms with Crippen molar-refractivity contribution in [3.8, 4) is 0 Å². The Morgan fingerprint density at radius 1 is 1.07 bits per heavy atom. The average Bonchev–Trinajstić information content (AvgIpc) is 2.68. The van der Waals surface area contributed by atoms with Crippen molar-refractivity contribution in [3.05, 3.63) is 0 Å². The van der Waals surface area contributed by atoms with Gasteiger partial charge in [0.05, 0.1) is 18.1 Å². The number of hydrogen-bond acceptors (Lipinski definition) is 5. The highest BCUT2D eigenvalue weighted by molar-refractivity contribution is 5.75. The predicted molar refractivity (Wildman–Crippen MR) is 96.6 cm³/mol. The first kappa shape index (κ1) is 19.2. The SMILES string of the molecule is CCOC(=O)C[C@H]1CC[C@@]2(CC1)CC1CC3CC(CC(C(=O)O)(C3)C1)OO2. The zero-order valence-electron chi connectivity index (χ0n) is 16.3. The molecule has 1 N–H and O–H groups in total. The van der Waals surface area contributed by atoms with Crippen molar-refractivity contribution in [2.24, 2.45) is 23.2 Å². The van der Waals surface area contributed by atoms with Gasteiger partial charge in [-0.05, 0) is 88.9 Å². The molecule has 0 aromatic rings. The summed E-state index contributed by atoms with van der Waals surface area (Å²) in [7, 11) is 0. The van der Waals surface area contributed by atoms with Gasteiger partial charge in [-0.2, -0.15) is 0 Å². The van der Waals surface area contributed by atoms with Gasteiger partial charge >= 0.3 is 11.9 Å². The van der Waals surface area contributed by atoms with E-state index in [1.807, 2.05) is 6.92 Å². The second-order valence-electron chi connectivity index (χ2n) is 9.54. The van der Waals surface area contributed by atoms with Crippen LogP contribution in [-0.4, -0.2) is 35.4 Å². The Labute approximate surface area is 160 Å². The van der Waals surface area contributed by atoms with Gasteiger partial charge in [0.2, 0.25) is 0 Å². The lowest BCUT2D eigenvalue weighted by Gasteiger charge is -2.47. The fourth-order valence-electron chi connectivity index (χ4n) is 6.44. The number of fused-ring (bicyclic) bond motifs is 1. The second-order valence-corrected chi connectivity index (χ2v) is 9.54. The zero-order chi connectivity index (χ0) is 19.1. The standard InChI is InChI=1S/C21H32O6/c1-2-25-18(22)9-14-3-5-21(6-4-14)12-16-7-15-8-17(26-27-21)13-20(10-15,11-16)19(23)24/h14-17H,2-13H2,1H3,(H,23,24)/t14-,15?,16?,17?,20?,21+. The first-order valence-corrected chi connectivity index (χ1v) is 10.7. The molecule has 4 bridgehead atoms. The number of carboxylic acids is 1. The molecule has 5 aliphatic rings. The van der Waals surface area contributed by atoms with Gasteiger partial charge < -0.3 is 9.84 Å². The van der Waals surface area contributed by atoms with Gasteiger partial charge in [-0.3, -0.25) is 9.59 Å². The fourth-order valence-corrected chi connectivity index (χ4v) is 6.44. The molecule has 27 heavy (non-hydrogen) atoms. The Balaban J connectivity index is 1.44. The van der Waals surface area contributed by atoms with E-state index in [1.165, 1.54) is 0 Å². The Bertz CT molecular complexity index is 581. The predicted octanol–water partition coefficient (Wildman–Crippen LogP) is 3.87. The maximum atomic E-state index is 12.1. The van der Waals surface area contributed by atoms with E-state index in [0.717, 1.165) is 57.8 Å². The Morgan fingerprint density at radius 3 is 2.52 bits per heavy atom. The molecule has 0 amide bonds. The third kappa shape index (κ3) is 3.88. The van der Waals surface area contributed by atoms with E-state index in [9.17, 15) is 14.7 Å². The smallest absolute Gasteiger partial charge is 0.309 e. The van der Waals surface area contributed by atoms with E-state index in [2.05, 4.69) is 0 Å². The first-order chi connectivity index (χ1) is 12.9. The summed E-state index contributed by atoms with van der Waals surface area (Å²) in [4.78, 5) is 35.8. The highest BCUT2D eigenvalue weighted by Crippen LogP contribution is 2.56. The highest BCUT2D eigenvalue weighted by atomic mass is 17.2. The lowest BCUT2D eigenvalue weighted by atomic mass is 9.56. The number of aliphatic carboxylic acids is 1. The van der Waals surface area contributed by atoms with Crippen molar-refractivity contribution in [1.29, 1.82) is 0 Å². The van der Waals surface area contributed by atoms with Crippen LogP contribution in [-0.2, 0) is 24.1 Å². The minimum atomic E-state index is -0.653. The molecule has 2 heterocycles. The Kier molecular flexibility index (Phi) is 5.23. The summed E-state index contributed by atoms with van der Waals surface area (Å²) in [5.74, 6) is 0.426. The van der Waals surface area contributed by atoms with E-state index < -0.39 is 11.4 Å². The van der Waals surface area contributed by atoms with Crippen LogP contribution in [0, 0.1) is 23.2 Å². The zero-order valence-corrected chi connectivity index (χ0v) is 16.3. The van der Waals surface area contributed by atoms with Crippen LogP contribution in [0.4, 0.5) is 0 Å². The minimum Gasteiger partial charge on any atom is -0.481 e. The Hall–Kier alpha value is -1.14. The molecule has 0 radical (unpaired) electrons. The van der Waals surface area contributed by atoms with Gasteiger partial charge in [0.1, 0.15) is 5.60 Å². The fraction of sp³-hybridized carbons (Fsp3) is 0.905. The number of ether oxygens (including phenoxy) is 1. The van der Waals surface area contributed by atoms with Crippen molar-refractivity contribution in [2.45, 2.75) is 89.3 Å². The number of esters is 1. The maximum absolute atomic E-state index is 12.1. The number of carbonyl (C=O) groups is 2. The summed E-state index contributed by atoms with van der Waals surface area (Å²) in [6, 6.07) is 0. The Morgan fingerprint density at radius 2 is 1.81 bits per heavy atom. The number of rotatable bonds is 4. The normalized spacial score (nSPS) is 43.7. The van der Waals surface area contributed by atoms with E-state index in [0.29, 0.717) is 37.2 Å². The molecule has 6 nitrogen and oxygen atoms in total. The molecule has 152 valence electrons. The van der Waals surface area contributed by atoms with E-state index in [4.69, 9.17) is 14.5 Å². The summed E-state index contributed by atoms with van der Waals surface area (Å²) >= 11 is 0. The molecule has 3 aliphatic carbocycles. The van der Waals surface area contributed by atoms with Crippen LogP contribution in [0.3, 0.4) is 0 Å².